The van der Waals surface area contributed by atoms with E-state index in [-0.39, 0.29) is 30.0 Å². The van der Waals surface area contributed by atoms with E-state index >= 15 is 0 Å². The lowest BCUT2D eigenvalue weighted by Crippen LogP contribution is -2.48. The topological polar surface area (TPSA) is 75.3 Å². The van der Waals surface area contributed by atoms with Gasteiger partial charge in [-0.3, -0.25) is 4.79 Å². The molecule has 0 saturated carbocycles. The Kier molecular flexibility index (Phi) is 7.04. The monoisotopic (exact) mass is 360 g/mol. The van der Waals surface area contributed by atoms with Crippen LogP contribution in [0.3, 0.4) is 0 Å². The van der Waals surface area contributed by atoms with Crippen molar-refractivity contribution in [3.8, 4) is 0 Å². The third kappa shape index (κ3) is 5.19. The van der Waals surface area contributed by atoms with Crippen LogP contribution in [-0.2, 0) is 20.4 Å². The molecule has 7 heteroatoms. The molecule has 1 atom stereocenters. The maximum absolute atomic E-state index is 12.2. The Morgan fingerprint density at radius 1 is 1.30 bits per heavy atom. The van der Waals surface area contributed by atoms with Gasteiger partial charge in [0.1, 0.15) is 0 Å². The minimum Gasteiger partial charge on any atom is -0.326 e. The molecule has 5 nitrogen and oxygen atoms in total. The van der Waals surface area contributed by atoms with Crippen molar-refractivity contribution in [1.29, 1.82) is 0 Å². The Bertz CT molecular complexity index is 642. The summed E-state index contributed by atoms with van der Waals surface area (Å²) in [5.74, 6) is 0.306. The molecule has 1 aliphatic heterocycles. The van der Waals surface area contributed by atoms with Gasteiger partial charge in [-0.15, -0.1) is 12.4 Å². The van der Waals surface area contributed by atoms with E-state index in [0.29, 0.717) is 17.2 Å². The average molecular weight is 361 g/mol. The molecule has 1 amide bonds. The molecule has 0 aromatic heterocycles. The van der Waals surface area contributed by atoms with Crippen molar-refractivity contribution in [2.24, 2.45) is 11.8 Å². The van der Waals surface area contributed by atoms with Gasteiger partial charge in [-0.05, 0) is 50.6 Å². The summed E-state index contributed by atoms with van der Waals surface area (Å²) in [6, 6.07) is 7.07. The van der Waals surface area contributed by atoms with E-state index < -0.39 is 15.1 Å². The highest BCUT2D eigenvalue weighted by Gasteiger charge is 2.28. The molecular formula is C16H25ClN2O3S. The number of rotatable bonds is 6. The summed E-state index contributed by atoms with van der Waals surface area (Å²) in [5, 5.41) is 5.64. The van der Waals surface area contributed by atoms with Crippen molar-refractivity contribution in [2.75, 3.05) is 18.4 Å². The number of benzene rings is 1. The number of hydrogen-bond acceptors (Lipinski definition) is 4. The fourth-order valence-electron chi connectivity index (χ4n) is 2.27. The second-order valence-electron chi connectivity index (χ2n) is 6.25. The highest BCUT2D eigenvalue weighted by Crippen LogP contribution is 2.20. The highest BCUT2D eigenvalue weighted by molar-refractivity contribution is 7.91. The molecule has 130 valence electrons. The smallest absolute Gasteiger partial charge is 0.227 e. The molecule has 2 N–H and O–H groups in total. The number of anilines is 1. The fourth-order valence-corrected chi connectivity index (χ4v) is 3.25. The zero-order chi connectivity index (χ0) is 16.3. The first kappa shape index (κ1) is 19.9. The first-order valence-electron chi connectivity index (χ1n) is 7.61. The molecule has 1 heterocycles. The van der Waals surface area contributed by atoms with E-state index in [2.05, 4.69) is 10.6 Å². The molecule has 0 bridgehead atoms. The summed E-state index contributed by atoms with van der Waals surface area (Å²) in [7, 11) is -3.14. The molecule has 2 rings (SSSR count). The first-order chi connectivity index (χ1) is 10.3. The molecule has 1 aromatic carbocycles. The lowest BCUT2D eigenvalue weighted by atomic mass is 9.88. The van der Waals surface area contributed by atoms with Crippen molar-refractivity contribution >= 4 is 33.8 Å². The molecule has 0 aliphatic carbocycles. The van der Waals surface area contributed by atoms with Gasteiger partial charge in [0.15, 0.2) is 9.84 Å². The normalized spacial score (nSPS) is 16.3. The number of carbonyl (C=O) groups excluding carboxylic acids is 1. The van der Waals surface area contributed by atoms with Crippen LogP contribution in [0.15, 0.2) is 24.3 Å². The number of amides is 1. The quantitative estimate of drug-likeness (QED) is 0.815. The standard InChI is InChI=1S/C16H24N2O3S.ClH/c1-11(2)22(20,21)10-13-5-4-6-15(7-13)18-16(19)12(3)14-8-17-9-14;/h4-7,11-12,14,17H,8-10H2,1-3H3,(H,18,19);1H. The lowest BCUT2D eigenvalue weighted by Gasteiger charge is -2.31. The van der Waals surface area contributed by atoms with Crippen molar-refractivity contribution in [3.05, 3.63) is 29.8 Å². The van der Waals surface area contributed by atoms with E-state index in [9.17, 15) is 13.2 Å². The second kappa shape index (κ2) is 8.13. The van der Waals surface area contributed by atoms with Crippen LogP contribution in [0, 0.1) is 11.8 Å². The van der Waals surface area contributed by atoms with Crippen LogP contribution in [0.25, 0.3) is 0 Å². The first-order valence-corrected chi connectivity index (χ1v) is 9.33. The van der Waals surface area contributed by atoms with Crippen molar-refractivity contribution < 1.29 is 13.2 Å². The van der Waals surface area contributed by atoms with Crippen LogP contribution < -0.4 is 10.6 Å². The van der Waals surface area contributed by atoms with Crippen LogP contribution in [0.1, 0.15) is 26.3 Å². The number of hydrogen-bond donors (Lipinski definition) is 2. The SMILES string of the molecule is CC(C(=O)Nc1cccc(CS(=O)(=O)C(C)C)c1)C1CNC1.Cl. The van der Waals surface area contributed by atoms with E-state index in [4.69, 9.17) is 0 Å². The van der Waals surface area contributed by atoms with E-state index in [0.717, 1.165) is 13.1 Å². The Morgan fingerprint density at radius 3 is 2.48 bits per heavy atom. The van der Waals surface area contributed by atoms with Crippen LogP contribution >= 0.6 is 12.4 Å². The maximum atomic E-state index is 12.2. The molecule has 0 spiro atoms. The Balaban J connectivity index is 0.00000264. The van der Waals surface area contributed by atoms with Gasteiger partial charge in [0.05, 0.1) is 11.0 Å². The molecular weight excluding hydrogens is 336 g/mol. The zero-order valence-electron chi connectivity index (χ0n) is 13.7. The summed E-state index contributed by atoms with van der Waals surface area (Å²) >= 11 is 0. The minimum absolute atomic E-state index is 0. The fraction of sp³-hybridized carbons (Fsp3) is 0.562. The lowest BCUT2D eigenvalue weighted by molar-refractivity contribution is -0.121. The van der Waals surface area contributed by atoms with Crippen molar-refractivity contribution in [2.45, 2.75) is 31.8 Å². The number of nitrogens with one attached hydrogen (secondary N) is 2. The number of carbonyl (C=O) groups is 1. The zero-order valence-corrected chi connectivity index (χ0v) is 15.3. The van der Waals surface area contributed by atoms with Crippen LogP contribution in [0.4, 0.5) is 5.69 Å². The predicted molar refractivity (Wildman–Crippen MR) is 95.6 cm³/mol. The number of halogens is 1. The summed E-state index contributed by atoms with van der Waals surface area (Å²) in [6.07, 6.45) is 0. The molecule has 1 fully saturated rings. The highest BCUT2D eigenvalue weighted by atomic mass is 35.5. The van der Waals surface area contributed by atoms with E-state index in [1.54, 1.807) is 38.1 Å². The molecule has 1 aliphatic rings. The van der Waals surface area contributed by atoms with E-state index in [1.807, 2.05) is 6.92 Å². The summed E-state index contributed by atoms with van der Waals surface area (Å²) in [6.45, 7) is 7.03. The largest absolute Gasteiger partial charge is 0.326 e. The molecule has 1 unspecified atom stereocenters. The van der Waals surface area contributed by atoms with Crippen molar-refractivity contribution in [1.82, 2.24) is 5.32 Å². The third-order valence-corrected chi connectivity index (χ3v) is 6.39. The Hall–Kier alpha value is -1.11. The van der Waals surface area contributed by atoms with Crippen molar-refractivity contribution in [3.63, 3.8) is 0 Å². The Labute approximate surface area is 144 Å². The number of sulfone groups is 1. The molecule has 0 radical (unpaired) electrons. The second-order valence-corrected chi connectivity index (χ2v) is 8.81. The summed E-state index contributed by atoms with van der Waals surface area (Å²) in [5.41, 5.74) is 1.35. The van der Waals surface area contributed by atoms with Gasteiger partial charge in [0, 0.05) is 11.6 Å². The van der Waals surface area contributed by atoms with Gasteiger partial charge in [0.25, 0.3) is 0 Å². The minimum atomic E-state index is -3.14. The van der Waals surface area contributed by atoms with Crippen LogP contribution in [0.2, 0.25) is 0 Å². The van der Waals surface area contributed by atoms with Gasteiger partial charge in [-0.2, -0.15) is 0 Å². The van der Waals surface area contributed by atoms with Gasteiger partial charge >= 0.3 is 0 Å². The maximum Gasteiger partial charge on any atom is 0.227 e. The van der Waals surface area contributed by atoms with Gasteiger partial charge in [0.2, 0.25) is 5.91 Å². The molecule has 1 aromatic rings. The molecule has 23 heavy (non-hydrogen) atoms. The third-order valence-electron chi connectivity index (χ3n) is 4.21. The summed E-state index contributed by atoms with van der Waals surface area (Å²) < 4.78 is 24.0. The summed E-state index contributed by atoms with van der Waals surface area (Å²) in [4.78, 5) is 12.2. The molecule has 1 saturated heterocycles. The van der Waals surface area contributed by atoms with Gasteiger partial charge in [-0.25, -0.2) is 8.42 Å². The van der Waals surface area contributed by atoms with E-state index in [1.165, 1.54) is 0 Å². The Morgan fingerprint density at radius 2 is 1.96 bits per heavy atom. The average Bonchev–Trinajstić information content (AvgIpc) is 2.36. The van der Waals surface area contributed by atoms with Crippen LogP contribution in [0.5, 0.6) is 0 Å². The van der Waals surface area contributed by atoms with Gasteiger partial charge < -0.3 is 10.6 Å². The van der Waals surface area contributed by atoms with Crippen LogP contribution in [-0.4, -0.2) is 32.7 Å². The van der Waals surface area contributed by atoms with Gasteiger partial charge in [-0.1, -0.05) is 19.1 Å². The predicted octanol–water partition coefficient (Wildman–Crippen LogP) is 2.23.